The first-order valence-corrected chi connectivity index (χ1v) is 13.6. The molecule has 2 aromatic carbocycles. The van der Waals surface area contributed by atoms with Crippen molar-refractivity contribution in [3.05, 3.63) is 83.0 Å². The Morgan fingerprint density at radius 3 is 1.58 bits per heavy atom. The highest BCUT2D eigenvalue weighted by atomic mass is 16.3. The van der Waals surface area contributed by atoms with E-state index in [0.717, 1.165) is 21.6 Å². The van der Waals surface area contributed by atoms with E-state index in [9.17, 15) is 24.3 Å². The Balaban J connectivity index is 0.00000154. The van der Waals surface area contributed by atoms with Crippen LogP contribution in [0.3, 0.4) is 0 Å². The maximum absolute atomic E-state index is 12.5. The smallest absolute Gasteiger partial charge is 0.271 e. The first-order valence-electron chi connectivity index (χ1n) is 13.6. The summed E-state index contributed by atoms with van der Waals surface area (Å²) >= 11 is 0. The van der Waals surface area contributed by atoms with Gasteiger partial charge < -0.3 is 14.7 Å². The monoisotopic (exact) mass is 591 g/mol. The van der Waals surface area contributed by atoms with Crippen LogP contribution >= 0.6 is 0 Å². The first-order chi connectivity index (χ1) is 19.9. The second kappa shape index (κ2) is 17.3. The largest absolute Gasteiger partial charge is 0.507 e. The molecule has 0 unspecified atom stereocenters. The summed E-state index contributed by atoms with van der Waals surface area (Å²) in [4.78, 5) is 54.5. The van der Waals surface area contributed by atoms with E-state index in [4.69, 9.17) is 4.79 Å². The minimum atomic E-state index is -0.430. The number of carbonyl (C=O) groups is 5. The first kappa shape index (κ1) is 38.3. The fraction of sp³-hybridized carbons (Fsp3) is 0.353. The summed E-state index contributed by atoms with van der Waals surface area (Å²) in [5, 5.41) is 14.9. The van der Waals surface area contributed by atoms with Gasteiger partial charge in [0.1, 0.15) is 18.3 Å². The number of benzene rings is 2. The summed E-state index contributed by atoms with van der Waals surface area (Å²) in [7, 11) is 0. The number of hydrogen-bond acceptors (Lipinski definition) is 7. The molecule has 0 bridgehead atoms. The Bertz CT molecular complexity index is 1300. The lowest BCUT2D eigenvalue weighted by Crippen LogP contribution is -2.29. The van der Waals surface area contributed by atoms with Gasteiger partial charge in [0.2, 0.25) is 0 Å². The highest BCUT2D eigenvalue weighted by Crippen LogP contribution is 2.39. The van der Waals surface area contributed by atoms with E-state index in [1.165, 1.54) is 50.3 Å². The van der Waals surface area contributed by atoms with Gasteiger partial charge in [-0.2, -0.15) is 5.10 Å². The van der Waals surface area contributed by atoms with E-state index < -0.39 is 17.7 Å². The van der Waals surface area contributed by atoms with Crippen LogP contribution in [0.4, 0.5) is 5.69 Å². The number of aromatic hydroxyl groups is 1. The van der Waals surface area contributed by atoms with Gasteiger partial charge in [-0.1, -0.05) is 53.7 Å². The van der Waals surface area contributed by atoms with Crippen LogP contribution in [0.25, 0.3) is 0 Å². The Labute approximate surface area is 255 Å². The Hall–Kier alpha value is -4.66. The lowest BCUT2D eigenvalue weighted by atomic mass is 9.78. The molecule has 0 atom stereocenters. The van der Waals surface area contributed by atoms with Gasteiger partial charge in [-0.3, -0.25) is 14.4 Å². The molecule has 1 aliphatic rings. The van der Waals surface area contributed by atoms with E-state index >= 15 is 0 Å². The fourth-order valence-electron chi connectivity index (χ4n) is 3.52. The topological polar surface area (TPSA) is 133 Å². The lowest BCUT2D eigenvalue weighted by molar-refractivity contribution is -0.120. The zero-order valence-corrected chi connectivity index (χ0v) is 26.9. The third kappa shape index (κ3) is 12.4. The number of hydrogen-bond donors (Lipinski definition) is 2. The third-order valence-corrected chi connectivity index (χ3v) is 5.66. The Kier molecular flexibility index (Phi) is 15.5. The third-order valence-electron chi connectivity index (χ3n) is 5.66. The van der Waals surface area contributed by atoms with E-state index in [1.807, 2.05) is 86.5 Å². The molecule has 0 spiro atoms. The van der Waals surface area contributed by atoms with Gasteiger partial charge >= 0.3 is 0 Å². The number of anilines is 1. The molecule has 2 N–H and O–H groups in total. The van der Waals surface area contributed by atoms with Crippen LogP contribution in [0.2, 0.25) is 0 Å². The Morgan fingerprint density at radius 2 is 1.23 bits per heavy atom. The molecule has 232 valence electrons. The molecule has 9 nitrogen and oxygen atoms in total. The highest BCUT2D eigenvalue weighted by molar-refractivity contribution is 6.28. The number of nitrogens with one attached hydrogen (secondary N) is 1. The fourth-order valence-corrected chi connectivity index (χ4v) is 3.52. The summed E-state index contributed by atoms with van der Waals surface area (Å²) < 4.78 is 0. The van der Waals surface area contributed by atoms with Crippen molar-refractivity contribution in [2.24, 2.45) is 5.10 Å². The molecule has 0 radical (unpaired) electrons. The van der Waals surface area contributed by atoms with Gasteiger partial charge in [0.15, 0.2) is 0 Å². The molecule has 1 heterocycles. The zero-order chi connectivity index (χ0) is 33.5. The number of allylic oxidation sites excluding steroid dienone is 2. The molecule has 0 fully saturated rings. The second-order valence-corrected chi connectivity index (χ2v) is 11.6. The molecular weight excluding hydrogens is 546 g/mol. The summed E-state index contributed by atoms with van der Waals surface area (Å²) in [6, 6.07) is 9.85. The molecule has 3 amide bonds. The summed E-state index contributed by atoms with van der Waals surface area (Å²) in [6.45, 7) is 21.2. The Morgan fingerprint density at radius 1 is 0.837 bits per heavy atom. The molecule has 0 saturated heterocycles. The normalized spacial score (nSPS) is 12.7. The molecule has 9 heteroatoms. The van der Waals surface area contributed by atoms with Crippen molar-refractivity contribution in [3.63, 3.8) is 0 Å². The average Bonchev–Trinajstić information content (AvgIpc) is 3.26. The number of amides is 3. The molecule has 2 aromatic rings. The van der Waals surface area contributed by atoms with E-state index in [1.54, 1.807) is 6.21 Å². The SMILES string of the molecule is C/C=C\C.C=O.CC(C)(C)c1cc(/C=N/NC(=O)c2ccc(N3C(=O)C=CC3=O)cc2)cc(C(C)(C)C)c1O.CC(C)=O. The zero-order valence-electron chi connectivity index (χ0n) is 26.9. The van der Waals surface area contributed by atoms with Gasteiger partial charge in [0.25, 0.3) is 17.7 Å². The second-order valence-electron chi connectivity index (χ2n) is 11.6. The minimum Gasteiger partial charge on any atom is -0.507 e. The number of rotatable bonds is 4. The molecule has 0 saturated carbocycles. The number of hydrazone groups is 1. The molecule has 43 heavy (non-hydrogen) atoms. The van der Waals surface area contributed by atoms with Crippen LogP contribution < -0.4 is 10.3 Å². The maximum atomic E-state index is 12.5. The van der Waals surface area contributed by atoms with Crippen molar-refractivity contribution in [1.29, 1.82) is 0 Å². The molecular formula is C34H45N3O6. The number of phenolic OH excluding ortho intramolecular Hbond substituents is 1. The van der Waals surface area contributed by atoms with Crippen molar-refractivity contribution < 1.29 is 29.1 Å². The summed E-state index contributed by atoms with van der Waals surface area (Å²) in [5.74, 6) is -0.817. The summed E-state index contributed by atoms with van der Waals surface area (Å²) in [5.41, 5.74) is 5.05. The van der Waals surface area contributed by atoms with Crippen LogP contribution in [-0.2, 0) is 30.0 Å². The van der Waals surface area contributed by atoms with Crippen molar-refractivity contribution in [3.8, 4) is 5.75 Å². The van der Waals surface area contributed by atoms with Gasteiger partial charge in [-0.05, 0) is 80.5 Å². The number of Topliss-reactive ketones (excluding diaryl/α,β-unsaturated/α-hetero) is 1. The van der Waals surface area contributed by atoms with Crippen LogP contribution in [0.1, 0.15) is 96.3 Å². The number of ketones is 1. The van der Waals surface area contributed by atoms with Crippen LogP contribution in [-0.4, -0.2) is 41.6 Å². The van der Waals surface area contributed by atoms with Crippen molar-refractivity contribution >= 4 is 42.2 Å². The van der Waals surface area contributed by atoms with Gasteiger partial charge in [-0.25, -0.2) is 10.3 Å². The van der Waals surface area contributed by atoms with Crippen molar-refractivity contribution in [2.75, 3.05) is 4.90 Å². The molecule has 0 aromatic heterocycles. The van der Waals surface area contributed by atoms with Crippen molar-refractivity contribution in [2.45, 2.75) is 80.1 Å². The molecule has 1 aliphatic heterocycles. The van der Waals surface area contributed by atoms with E-state index in [0.29, 0.717) is 11.3 Å². The summed E-state index contributed by atoms with van der Waals surface area (Å²) in [6.07, 6.45) is 7.96. The minimum absolute atomic E-state index is 0.167. The maximum Gasteiger partial charge on any atom is 0.271 e. The standard InChI is InChI=1S/C26H29N3O4.C4H8.C3H6O.CH2O/c1-25(2,3)19-13-16(14-20(23(19)32)26(4,5)6)15-27-28-24(33)17-7-9-18(10-8-17)29-21(30)11-12-22(29)31;1-3-4-2;1-3(2)4;1-2/h7-15,32H,1-6H3,(H,28,33);3-4H,1-2H3;1-2H3;1H2/b27-15+;4-3-;;. The molecule has 3 rings (SSSR count). The van der Waals surface area contributed by atoms with Crippen LogP contribution in [0, 0.1) is 0 Å². The van der Waals surface area contributed by atoms with Gasteiger partial charge in [0, 0.05) is 28.8 Å². The predicted molar refractivity (Wildman–Crippen MR) is 173 cm³/mol. The lowest BCUT2D eigenvalue weighted by Gasteiger charge is -2.27. The number of phenols is 1. The van der Waals surface area contributed by atoms with E-state index in [-0.39, 0.29) is 22.4 Å². The predicted octanol–water partition coefficient (Wildman–Crippen LogP) is 6.17. The van der Waals surface area contributed by atoms with E-state index in [2.05, 4.69) is 10.5 Å². The average molecular weight is 592 g/mol. The number of carbonyl (C=O) groups excluding carboxylic acids is 5. The molecule has 0 aliphatic carbocycles. The highest BCUT2D eigenvalue weighted by Gasteiger charge is 2.27. The van der Waals surface area contributed by atoms with Gasteiger partial charge in [-0.15, -0.1) is 0 Å². The van der Waals surface area contributed by atoms with Crippen molar-refractivity contribution in [1.82, 2.24) is 5.43 Å². The van der Waals surface area contributed by atoms with Crippen LogP contribution in [0.5, 0.6) is 5.75 Å². The number of imide groups is 1. The van der Waals surface area contributed by atoms with Crippen LogP contribution in [0.15, 0.2) is 65.8 Å². The quantitative estimate of drug-likeness (QED) is 0.189. The van der Waals surface area contributed by atoms with Gasteiger partial charge in [0.05, 0.1) is 11.9 Å². The number of nitrogens with zero attached hydrogens (tertiary/aromatic N) is 2.